The molecule has 1 aromatic rings. The number of aromatic nitrogens is 1. The first-order valence-corrected chi connectivity index (χ1v) is 4.02. The van der Waals surface area contributed by atoms with E-state index >= 15 is 0 Å². The van der Waals surface area contributed by atoms with E-state index in [2.05, 4.69) is 5.92 Å². The number of aryl methyl sites for hydroxylation is 1. The summed E-state index contributed by atoms with van der Waals surface area (Å²) in [4.78, 5) is 21.8. The molecule has 72 valence electrons. The van der Waals surface area contributed by atoms with E-state index in [0.29, 0.717) is 13.0 Å². The van der Waals surface area contributed by atoms with Gasteiger partial charge in [0.2, 0.25) is 0 Å². The first-order valence-electron chi connectivity index (χ1n) is 4.02. The van der Waals surface area contributed by atoms with Crippen molar-refractivity contribution in [3.8, 4) is 12.3 Å². The third kappa shape index (κ3) is 2.23. The van der Waals surface area contributed by atoms with Gasteiger partial charge in [-0.25, -0.2) is 4.79 Å². The molecular formula is C10H9NO3. The van der Waals surface area contributed by atoms with Gasteiger partial charge in [-0.15, -0.1) is 12.3 Å². The van der Waals surface area contributed by atoms with Crippen molar-refractivity contribution >= 4 is 5.97 Å². The Balaban J connectivity index is 3.03. The number of hydrogen-bond donors (Lipinski definition) is 1. The van der Waals surface area contributed by atoms with E-state index in [0.717, 1.165) is 0 Å². The lowest BCUT2D eigenvalue weighted by molar-refractivity contribution is 0.0696. The van der Waals surface area contributed by atoms with Gasteiger partial charge in [-0.05, 0) is 6.07 Å². The van der Waals surface area contributed by atoms with E-state index in [-0.39, 0.29) is 11.1 Å². The maximum absolute atomic E-state index is 11.2. The Morgan fingerprint density at radius 2 is 2.29 bits per heavy atom. The molecule has 0 aliphatic carbocycles. The normalized spacial score (nSPS) is 9.36. The summed E-state index contributed by atoms with van der Waals surface area (Å²) in [5, 5.41) is 8.67. The van der Waals surface area contributed by atoms with Crippen LogP contribution in [0.4, 0.5) is 0 Å². The number of carboxylic acids is 1. The summed E-state index contributed by atoms with van der Waals surface area (Å²) in [6.07, 6.45) is 6.74. The van der Waals surface area contributed by atoms with Crippen molar-refractivity contribution < 1.29 is 9.90 Å². The predicted molar refractivity (Wildman–Crippen MR) is 51.1 cm³/mol. The number of nitrogens with zero attached hydrogens (tertiary/aromatic N) is 1. The highest BCUT2D eigenvalue weighted by Crippen LogP contribution is 1.96. The van der Waals surface area contributed by atoms with Crippen LogP contribution in [0.25, 0.3) is 0 Å². The van der Waals surface area contributed by atoms with Crippen molar-refractivity contribution in [3.63, 3.8) is 0 Å². The minimum Gasteiger partial charge on any atom is -0.478 e. The van der Waals surface area contributed by atoms with E-state index in [9.17, 15) is 9.59 Å². The van der Waals surface area contributed by atoms with E-state index in [1.807, 2.05) is 0 Å². The van der Waals surface area contributed by atoms with Gasteiger partial charge in [0.05, 0.1) is 5.56 Å². The molecular weight excluding hydrogens is 182 g/mol. The number of carboxylic acid groups (broad SMARTS) is 1. The van der Waals surface area contributed by atoms with Crippen molar-refractivity contribution in [2.75, 3.05) is 0 Å². The second-order valence-corrected chi connectivity index (χ2v) is 2.71. The monoisotopic (exact) mass is 191 g/mol. The smallest absolute Gasteiger partial charge is 0.337 e. The minimum absolute atomic E-state index is 0.0848. The lowest BCUT2D eigenvalue weighted by atomic mass is 10.3. The Bertz CT molecular complexity index is 439. The summed E-state index contributed by atoms with van der Waals surface area (Å²) in [5.74, 6) is 1.33. The molecule has 1 rings (SSSR count). The fourth-order valence-electron chi connectivity index (χ4n) is 1.02. The molecule has 14 heavy (non-hydrogen) atoms. The van der Waals surface area contributed by atoms with Gasteiger partial charge in [0, 0.05) is 25.2 Å². The van der Waals surface area contributed by atoms with Crippen LogP contribution in [-0.2, 0) is 6.54 Å². The van der Waals surface area contributed by atoms with Crippen LogP contribution in [0, 0.1) is 12.3 Å². The lowest BCUT2D eigenvalue weighted by Gasteiger charge is -2.03. The summed E-state index contributed by atoms with van der Waals surface area (Å²) >= 11 is 0. The van der Waals surface area contributed by atoms with Crippen molar-refractivity contribution in [1.29, 1.82) is 0 Å². The Labute approximate surface area is 80.8 Å². The highest BCUT2D eigenvalue weighted by Gasteiger charge is 2.04. The molecule has 0 aromatic carbocycles. The van der Waals surface area contributed by atoms with Gasteiger partial charge in [0.1, 0.15) is 0 Å². The molecule has 0 saturated heterocycles. The molecule has 1 N–H and O–H groups in total. The van der Waals surface area contributed by atoms with Gasteiger partial charge >= 0.3 is 5.97 Å². The summed E-state index contributed by atoms with van der Waals surface area (Å²) in [5.41, 5.74) is -0.160. The molecule has 0 saturated carbocycles. The van der Waals surface area contributed by atoms with Gasteiger partial charge in [0.25, 0.3) is 5.56 Å². The largest absolute Gasteiger partial charge is 0.478 e. The standard InChI is InChI=1S/C10H9NO3/c1-2-3-6-11-7-8(10(13)14)4-5-9(11)12/h1,4-5,7H,3,6H2,(H,13,14). The third-order valence-corrected chi connectivity index (χ3v) is 1.73. The molecule has 0 aliphatic rings. The first kappa shape index (κ1) is 10.1. The van der Waals surface area contributed by atoms with Gasteiger partial charge in [-0.2, -0.15) is 0 Å². The molecule has 0 bridgehead atoms. The molecule has 0 spiro atoms. The van der Waals surface area contributed by atoms with Crippen LogP contribution in [0.2, 0.25) is 0 Å². The Morgan fingerprint density at radius 3 is 2.86 bits per heavy atom. The number of carbonyl (C=O) groups is 1. The van der Waals surface area contributed by atoms with Crippen LogP contribution in [0.3, 0.4) is 0 Å². The predicted octanol–water partition coefficient (Wildman–Crippen LogP) is 0.570. The zero-order valence-electron chi connectivity index (χ0n) is 7.43. The van der Waals surface area contributed by atoms with E-state index in [1.54, 1.807) is 0 Å². The van der Waals surface area contributed by atoms with Crippen LogP contribution in [-0.4, -0.2) is 15.6 Å². The quantitative estimate of drug-likeness (QED) is 0.710. The van der Waals surface area contributed by atoms with E-state index in [1.165, 1.54) is 22.9 Å². The molecule has 0 fully saturated rings. The second-order valence-electron chi connectivity index (χ2n) is 2.71. The molecule has 1 heterocycles. The number of aromatic carboxylic acids is 1. The average molecular weight is 191 g/mol. The maximum atomic E-state index is 11.2. The number of pyridine rings is 1. The van der Waals surface area contributed by atoms with Crippen LogP contribution in [0.1, 0.15) is 16.8 Å². The molecule has 0 amide bonds. The molecule has 1 aromatic heterocycles. The summed E-state index contributed by atoms with van der Waals surface area (Å²) in [6, 6.07) is 2.50. The van der Waals surface area contributed by atoms with Gasteiger partial charge in [-0.1, -0.05) is 0 Å². The fraction of sp³-hybridized carbons (Fsp3) is 0.200. The topological polar surface area (TPSA) is 59.3 Å². The molecule has 4 nitrogen and oxygen atoms in total. The fourth-order valence-corrected chi connectivity index (χ4v) is 1.02. The SMILES string of the molecule is C#CCCn1cc(C(=O)O)ccc1=O. The Hall–Kier alpha value is -2.02. The molecule has 4 heteroatoms. The van der Waals surface area contributed by atoms with Crippen molar-refractivity contribution in [1.82, 2.24) is 4.57 Å². The summed E-state index contributed by atoms with van der Waals surface area (Å²) in [7, 11) is 0. The zero-order chi connectivity index (χ0) is 10.6. The highest BCUT2D eigenvalue weighted by molar-refractivity contribution is 5.87. The van der Waals surface area contributed by atoms with Gasteiger partial charge in [-0.3, -0.25) is 4.79 Å². The summed E-state index contributed by atoms with van der Waals surface area (Å²) < 4.78 is 1.29. The Morgan fingerprint density at radius 1 is 1.57 bits per heavy atom. The zero-order valence-corrected chi connectivity index (χ0v) is 7.43. The first-order chi connectivity index (χ1) is 6.65. The maximum Gasteiger partial charge on any atom is 0.337 e. The van der Waals surface area contributed by atoms with Crippen LogP contribution in [0.5, 0.6) is 0 Å². The van der Waals surface area contributed by atoms with E-state index < -0.39 is 5.97 Å². The number of hydrogen-bond acceptors (Lipinski definition) is 2. The number of terminal acetylenes is 1. The molecule has 0 unspecified atom stereocenters. The van der Waals surface area contributed by atoms with Gasteiger partial charge < -0.3 is 9.67 Å². The third-order valence-electron chi connectivity index (χ3n) is 1.73. The minimum atomic E-state index is -1.06. The van der Waals surface area contributed by atoms with Crippen LogP contribution < -0.4 is 5.56 Å². The van der Waals surface area contributed by atoms with Crippen molar-refractivity contribution in [2.24, 2.45) is 0 Å². The van der Waals surface area contributed by atoms with Crippen LogP contribution >= 0.6 is 0 Å². The molecule has 0 radical (unpaired) electrons. The Kier molecular flexibility index (Phi) is 3.08. The second kappa shape index (κ2) is 4.28. The molecule has 0 atom stereocenters. The van der Waals surface area contributed by atoms with Gasteiger partial charge in [0.15, 0.2) is 0 Å². The average Bonchev–Trinajstić information content (AvgIpc) is 2.16. The lowest BCUT2D eigenvalue weighted by Crippen LogP contribution is -2.20. The number of rotatable bonds is 3. The van der Waals surface area contributed by atoms with Crippen molar-refractivity contribution in [3.05, 3.63) is 34.2 Å². The molecule has 0 aliphatic heterocycles. The van der Waals surface area contributed by atoms with Crippen molar-refractivity contribution in [2.45, 2.75) is 13.0 Å². The van der Waals surface area contributed by atoms with Crippen LogP contribution in [0.15, 0.2) is 23.1 Å². The van der Waals surface area contributed by atoms with E-state index in [4.69, 9.17) is 11.5 Å². The summed E-state index contributed by atoms with van der Waals surface area (Å²) in [6.45, 7) is 0.344. The highest BCUT2D eigenvalue weighted by atomic mass is 16.4.